The molecule has 1 unspecified atom stereocenters. The Labute approximate surface area is 123 Å². The lowest BCUT2D eigenvalue weighted by molar-refractivity contribution is -0.117. The van der Waals surface area contributed by atoms with Gasteiger partial charge in [-0.2, -0.15) is 10.2 Å². The molecule has 1 amide bonds. The molecule has 112 valence electrons. The quantitative estimate of drug-likeness (QED) is 0.909. The van der Waals surface area contributed by atoms with Crippen LogP contribution in [-0.2, 0) is 25.3 Å². The molecule has 0 radical (unpaired) electrons. The summed E-state index contributed by atoms with van der Waals surface area (Å²) >= 11 is 0. The minimum absolute atomic E-state index is 0.0916. The fraction of sp³-hybridized carbons (Fsp3) is 0.500. The highest BCUT2D eigenvalue weighted by Gasteiger charge is 2.33. The molecule has 1 N–H and O–H groups in total. The van der Waals surface area contributed by atoms with Crippen LogP contribution in [0, 0.1) is 0 Å². The Balaban J connectivity index is 1.74. The van der Waals surface area contributed by atoms with Gasteiger partial charge < -0.3 is 10.2 Å². The predicted octanol–water partition coefficient (Wildman–Crippen LogP) is 0.933. The van der Waals surface area contributed by atoms with E-state index in [1.165, 1.54) is 0 Å². The van der Waals surface area contributed by atoms with Crippen molar-refractivity contribution in [1.29, 1.82) is 0 Å². The standard InChI is InChI=1S/C14H20N6O/c1-4-11-13(9-19(3)17-11)16-12-5-6-20(14(12)21)10-7-15-18(2)8-10/h7-9,12,16H,4-6H2,1-3H3. The number of hydrogen-bond acceptors (Lipinski definition) is 4. The van der Waals surface area contributed by atoms with Crippen molar-refractivity contribution in [2.75, 3.05) is 16.8 Å². The maximum absolute atomic E-state index is 12.5. The Morgan fingerprint density at radius 1 is 1.33 bits per heavy atom. The number of carbonyl (C=O) groups excluding carboxylic acids is 1. The molecule has 3 heterocycles. The van der Waals surface area contributed by atoms with Crippen molar-refractivity contribution in [2.45, 2.75) is 25.8 Å². The van der Waals surface area contributed by atoms with Crippen molar-refractivity contribution in [3.05, 3.63) is 24.3 Å². The van der Waals surface area contributed by atoms with Gasteiger partial charge in [-0.3, -0.25) is 14.2 Å². The molecule has 2 aromatic rings. The molecule has 1 aliphatic rings. The van der Waals surface area contributed by atoms with Crippen LogP contribution in [0.3, 0.4) is 0 Å². The Bertz CT molecular complexity index is 658. The molecule has 7 nitrogen and oxygen atoms in total. The van der Waals surface area contributed by atoms with Gasteiger partial charge in [0.05, 0.1) is 23.3 Å². The summed E-state index contributed by atoms with van der Waals surface area (Å²) in [6.45, 7) is 2.77. The molecule has 1 aliphatic heterocycles. The van der Waals surface area contributed by atoms with Crippen LogP contribution in [0.1, 0.15) is 19.0 Å². The smallest absolute Gasteiger partial charge is 0.249 e. The second kappa shape index (κ2) is 5.23. The topological polar surface area (TPSA) is 68.0 Å². The Hall–Kier alpha value is -2.31. The lowest BCUT2D eigenvalue weighted by atomic mass is 10.2. The summed E-state index contributed by atoms with van der Waals surface area (Å²) in [5, 5.41) is 11.9. The summed E-state index contributed by atoms with van der Waals surface area (Å²) in [7, 11) is 3.74. The van der Waals surface area contributed by atoms with Gasteiger partial charge in [-0.05, 0) is 12.8 Å². The number of amides is 1. The molecular formula is C14H20N6O. The number of nitrogens with zero attached hydrogens (tertiary/aromatic N) is 5. The maximum atomic E-state index is 12.5. The molecule has 1 saturated heterocycles. The normalized spacial score (nSPS) is 18.5. The number of rotatable bonds is 4. The molecular weight excluding hydrogens is 268 g/mol. The zero-order valence-electron chi connectivity index (χ0n) is 12.6. The molecule has 21 heavy (non-hydrogen) atoms. The predicted molar refractivity (Wildman–Crippen MR) is 80.2 cm³/mol. The van der Waals surface area contributed by atoms with Crippen LogP contribution < -0.4 is 10.2 Å². The molecule has 1 atom stereocenters. The summed E-state index contributed by atoms with van der Waals surface area (Å²) in [5.41, 5.74) is 2.80. The molecule has 0 spiro atoms. The summed E-state index contributed by atoms with van der Waals surface area (Å²) in [6.07, 6.45) is 7.14. The summed E-state index contributed by atoms with van der Waals surface area (Å²) in [4.78, 5) is 14.3. The van der Waals surface area contributed by atoms with Gasteiger partial charge in [0.2, 0.25) is 5.91 Å². The molecule has 2 aromatic heterocycles. The number of aryl methyl sites for hydroxylation is 3. The van der Waals surface area contributed by atoms with Crippen LogP contribution in [0.4, 0.5) is 11.4 Å². The highest BCUT2D eigenvalue weighted by Crippen LogP contribution is 2.24. The zero-order chi connectivity index (χ0) is 15.0. The highest BCUT2D eigenvalue weighted by molar-refractivity contribution is 6.00. The largest absolute Gasteiger partial charge is 0.371 e. The van der Waals surface area contributed by atoms with Gasteiger partial charge in [0.15, 0.2) is 0 Å². The van der Waals surface area contributed by atoms with E-state index in [1.54, 1.807) is 20.5 Å². The first kappa shape index (κ1) is 13.7. The minimum atomic E-state index is -0.195. The van der Waals surface area contributed by atoms with E-state index in [0.717, 1.165) is 29.9 Å². The minimum Gasteiger partial charge on any atom is -0.371 e. The molecule has 0 saturated carbocycles. The number of aromatic nitrogens is 4. The summed E-state index contributed by atoms with van der Waals surface area (Å²) in [5.74, 6) is 0.0916. The lowest BCUT2D eigenvalue weighted by Gasteiger charge is -2.15. The molecule has 0 bridgehead atoms. The van der Waals surface area contributed by atoms with Crippen LogP contribution in [0.25, 0.3) is 0 Å². The fourth-order valence-electron chi connectivity index (χ4n) is 2.72. The number of hydrogen-bond donors (Lipinski definition) is 1. The fourth-order valence-corrected chi connectivity index (χ4v) is 2.72. The second-order valence-electron chi connectivity index (χ2n) is 5.36. The van der Waals surface area contributed by atoms with Gasteiger partial charge in [-0.1, -0.05) is 6.92 Å². The van der Waals surface area contributed by atoms with E-state index in [-0.39, 0.29) is 11.9 Å². The van der Waals surface area contributed by atoms with Gasteiger partial charge in [-0.25, -0.2) is 0 Å². The van der Waals surface area contributed by atoms with Gasteiger partial charge >= 0.3 is 0 Å². The third-order valence-electron chi connectivity index (χ3n) is 3.78. The van der Waals surface area contributed by atoms with Crippen LogP contribution in [-0.4, -0.2) is 38.1 Å². The van der Waals surface area contributed by atoms with E-state index in [1.807, 2.05) is 26.5 Å². The monoisotopic (exact) mass is 288 g/mol. The SMILES string of the molecule is CCc1nn(C)cc1NC1CCN(c2cnn(C)c2)C1=O. The van der Waals surface area contributed by atoms with E-state index in [9.17, 15) is 4.79 Å². The van der Waals surface area contributed by atoms with Crippen molar-refractivity contribution < 1.29 is 4.79 Å². The third kappa shape index (κ3) is 2.51. The van der Waals surface area contributed by atoms with Crippen molar-refractivity contribution >= 4 is 17.3 Å². The molecule has 0 aromatic carbocycles. The number of nitrogens with one attached hydrogen (secondary N) is 1. The van der Waals surface area contributed by atoms with Crippen LogP contribution >= 0.6 is 0 Å². The average molecular weight is 288 g/mol. The molecule has 0 aliphatic carbocycles. The van der Waals surface area contributed by atoms with Crippen molar-refractivity contribution in [3.63, 3.8) is 0 Å². The van der Waals surface area contributed by atoms with Crippen molar-refractivity contribution in [3.8, 4) is 0 Å². The van der Waals surface area contributed by atoms with Gasteiger partial charge in [0.1, 0.15) is 6.04 Å². The zero-order valence-corrected chi connectivity index (χ0v) is 12.6. The third-order valence-corrected chi connectivity index (χ3v) is 3.78. The van der Waals surface area contributed by atoms with Gasteiger partial charge in [-0.15, -0.1) is 0 Å². The summed E-state index contributed by atoms with van der Waals surface area (Å²) in [6, 6.07) is -0.195. The highest BCUT2D eigenvalue weighted by atomic mass is 16.2. The van der Waals surface area contributed by atoms with E-state index >= 15 is 0 Å². The van der Waals surface area contributed by atoms with E-state index in [0.29, 0.717) is 6.54 Å². The molecule has 1 fully saturated rings. The van der Waals surface area contributed by atoms with Gasteiger partial charge in [0, 0.05) is 33.0 Å². The van der Waals surface area contributed by atoms with Crippen LogP contribution in [0.5, 0.6) is 0 Å². The average Bonchev–Trinajstić information content (AvgIpc) is 3.12. The first-order valence-electron chi connectivity index (χ1n) is 7.17. The summed E-state index contributed by atoms with van der Waals surface area (Å²) < 4.78 is 3.49. The number of anilines is 2. The Morgan fingerprint density at radius 3 is 2.81 bits per heavy atom. The molecule has 3 rings (SSSR count). The maximum Gasteiger partial charge on any atom is 0.249 e. The lowest BCUT2D eigenvalue weighted by Crippen LogP contribution is -2.33. The van der Waals surface area contributed by atoms with Gasteiger partial charge in [0.25, 0.3) is 0 Å². The first-order chi connectivity index (χ1) is 10.1. The molecule has 7 heteroatoms. The van der Waals surface area contributed by atoms with Crippen molar-refractivity contribution in [2.24, 2.45) is 14.1 Å². The van der Waals surface area contributed by atoms with Crippen LogP contribution in [0.15, 0.2) is 18.6 Å². The second-order valence-corrected chi connectivity index (χ2v) is 5.36. The van der Waals surface area contributed by atoms with Crippen molar-refractivity contribution in [1.82, 2.24) is 19.6 Å². The van der Waals surface area contributed by atoms with E-state index < -0.39 is 0 Å². The van der Waals surface area contributed by atoms with E-state index in [4.69, 9.17) is 0 Å². The Kier molecular flexibility index (Phi) is 3.40. The first-order valence-corrected chi connectivity index (χ1v) is 7.17. The number of carbonyl (C=O) groups is 1. The van der Waals surface area contributed by atoms with Crippen LogP contribution in [0.2, 0.25) is 0 Å². The Morgan fingerprint density at radius 2 is 2.14 bits per heavy atom. The van der Waals surface area contributed by atoms with E-state index in [2.05, 4.69) is 22.4 Å².